The lowest BCUT2D eigenvalue weighted by Gasteiger charge is -2.29. The SMILES string of the molecule is C=C1C(NC(=O)c2ccc(N(C)C)c3ccccc23)N=C(c2ccccc2)c2ccccc2N1/C(C)=N\N. The number of amides is 1. The fourth-order valence-electron chi connectivity index (χ4n) is 4.87. The number of anilines is 2. The van der Waals surface area contributed by atoms with Crippen LogP contribution in [-0.2, 0) is 0 Å². The third-order valence-electron chi connectivity index (χ3n) is 6.71. The van der Waals surface area contributed by atoms with Gasteiger partial charge in [-0.1, -0.05) is 79.4 Å². The lowest BCUT2D eigenvalue weighted by atomic mass is 10.0. The second-order valence-corrected chi connectivity index (χ2v) is 9.31. The number of hydrogen-bond donors (Lipinski definition) is 2. The van der Waals surface area contributed by atoms with E-state index in [9.17, 15) is 4.79 Å². The summed E-state index contributed by atoms with van der Waals surface area (Å²) in [6, 6.07) is 29.5. The van der Waals surface area contributed by atoms with E-state index in [-0.39, 0.29) is 5.91 Å². The van der Waals surface area contributed by atoms with Gasteiger partial charge in [0.25, 0.3) is 5.91 Å². The number of nitrogens with zero attached hydrogens (tertiary/aromatic N) is 4. The van der Waals surface area contributed by atoms with Crippen molar-refractivity contribution < 1.29 is 4.79 Å². The van der Waals surface area contributed by atoms with E-state index in [2.05, 4.69) is 17.0 Å². The molecule has 4 aromatic rings. The molecule has 4 aromatic carbocycles. The minimum absolute atomic E-state index is 0.248. The highest BCUT2D eigenvalue weighted by molar-refractivity contribution is 6.19. The molecule has 1 heterocycles. The number of rotatable bonds is 4. The third kappa shape index (κ3) is 4.39. The second-order valence-electron chi connectivity index (χ2n) is 9.31. The Labute approximate surface area is 222 Å². The fraction of sp³-hybridized carbons (Fsp3) is 0.129. The number of benzene rings is 4. The van der Waals surface area contributed by atoms with Crippen molar-refractivity contribution in [2.75, 3.05) is 23.9 Å². The van der Waals surface area contributed by atoms with Gasteiger partial charge in [0.2, 0.25) is 0 Å². The van der Waals surface area contributed by atoms with E-state index in [1.165, 1.54) is 0 Å². The van der Waals surface area contributed by atoms with Crippen molar-refractivity contribution in [3.05, 3.63) is 120 Å². The van der Waals surface area contributed by atoms with Crippen LogP contribution in [-0.4, -0.2) is 37.7 Å². The van der Waals surface area contributed by atoms with Gasteiger partial charge in [0.15, 0.2) is 6.17 Å². The first kappa shape index (κ1) is 24.8. The van der Waals surface area contributed by atoms with Gasteiger partial charge >= 0.3 is 0 Å². The summed E-state index contributed by atoms with van der Waals surface area (Å²) < 4.78 is 0. The molecule has 0 saturated heterocycles. The molecule has 1 unspecified atom stereocenters. The molecule has 0 aliphatic carbocycles. The van der Waals surface area contributed by atoms with Gasteiger partial charge in [-0.25, -0.2) is 0 Å². The zero-order chi connectivity index (χ0) is 26.8. The smallest absolute Gasteiger partial charge is 0.253 e. The lowest BCUT2D eigenvalue weighted by molar-refractivity contribution is 0.0945. The number of hydrogen-bond acceptors (Lipinski definition) is 5. The van der Waals surface area contributed by atoms with Crippen molar-refractivity contribution in [3.8, 4) is 0 Å². The quantitative estimate of drug-likeness (QED) is 0.175. The second kappa shape index (κ2) is 10.2. The first-order chi connectivity index (χ1) is 18.4. The van der Waals surface area contributed by atoms with Crippen molar-refractivity contribution in [1.82, 2.24) is 5.32 Å². The van der Waals surface area contributed by atoms with Gasteiger partial charge in [-0.05, 0) is 30.5 Å². The largest absolute Gasteiger partial charge is 0.377 e. The molecular formula is C31H30N6O. The molecule has 190 valence electrons. The Balaban J connectivity index is 1.63. The van der Waals surface area contributed by atoms with E-state index in [0.29, 0.717) is 17.1 Å². The van der Waals surface area contributed by atoms with Crippen LogP contribution in [0.15, 0.2) is 113 Å². The molecule has 1 atom stereocenters. The van der Waals surface area contributed by atoms with E-state index in [0.717, 1.165) is 39.0 Å². The average Bonchev–Trinajstić information content (AvgIpc) is 3.06. The zero-order valence-electron chi connectivity index (χ0n) is 21.7. The van der Waals surface area contributed by atoms with Crippen LogP contribution in [0.1, 0.15) is 28.4 Å². The Morgan fingerprint density at radius 2 is 1.61 bits per heavy atom. The number of amidine groups is 1. The predicted molar refractivity (Wildman–Crippen MR) is 157 cm³/mol. The maximum absolute atomic E-state index is 13.8. The standard InChI is InChI=1S/C31H30N6O/c1-20-30(34-31(38)25-18-19-27(36(3)4)24-15-9-8-14-23(24)25)33-29(22-12-6-5-7-13-22)26-16-10-11-17-28(26)37(20)21(2)35-32/h5-19,30H,1,32H2,2-4H3,(H,34,38)/b35-21-. The molecule has 7 heteroatoms. The van der Waals surface area contributed by atoms with Crippen LogP contribution in [0.2, 0.25) is 0 Å². The number of benzodiazepines with no additional fused rings is 1. The number of fused-ring (bicyclic) bond motifs is 2. The number of aliphatic imine (C=N–C) groups is 1. The number of hydrazone groups is 1. The maximum Gasteiger partial charge on any atom is 0.253 e. The summed E-state index contributed by atoms with van der Waals surface area (Å²) in [5.74, 6) is 6.02. The number of para-hydroxylation sites is 1. The Bertz CT molecular complexity index is 1590. The molecule has 38 heavy (non-hydrogen) atoms. The van der Waals surface area contributed by atoms with E-state index < -0.39 is 6.17 Å². The highest BCUT2D eigenvalue weighted by Crippen LogP contribution is 2.33. The first-order valence-corrected chi connectivity index (χ1v) is 12.4. The van der Waals surface area contributed by atoms with Crippen LogP contribution in [0, 0.1) is 0 Å². The fourth-order valence-corrected chi connectivity index (χ4v) is 4.87. The number of carbonyl (C=O) groups is 1. The Hall–Kier alpha value is -4.91. The monoisotopic (exact) mass is 502 g/mol. The molecule has 3 N–H and O–H groups in total. The molecule has 5 rings (SSSR count). The topological polar surface area (TPSA) is 86.3 Å². The van der Waals surface area contributed by atoms with Gasteiger partial charge in [0.1, 0.15) is 5.84 Å². The third-order valence-corrected chi connectivity index (χ3v) is 6.71. The van der Waals surface area contributed by atoms with Gasteiger partial charge < -0.3 is 16.1 Å². The minimum Gasteiger partial charge on any atom is -0.377 e. The van der Waals surface area contributed by atoms with Crippen LogP contribution in [0.4, 0.5) is 11.4 Å². The van der Waals surface area contributed by atoms with Gasteiger partial charge in [0.05, 0.1) is 17.1 Å². The van der Waals surface area contributed by atoms with Crippen LogP contribution < -0.4 is 21.0 Å². The summed E-state index contributed by atoms with van der Waals surface area (Å²) in [6.45, 7) is 6.15. The van der Waals surface area contributed by atoms with Gasteiger partial charge in [0, 0.05) is 41.9 Å². The molecule has 0 saturated carbocycles. The van der Waals surface area contributed by atoms with Gasteiger partial charge in [-0.2, -0.15) is 5.10 Å². The first-order valence-electron chi connectivity index (χ1n) is 12.4. The average molecular weight is 503 g/mol. The summed E-state index contributed by atoms with van der Waals surface area (Å²) in [7, 11) is 3.98. The lowest BCUT2D eigenvalue weighted by Crippen LogP contribution is -2.42. The van der Waals surface area contributed by atoms with Crippen molar-refractivity contribution in [2.45, 2.75) is 13.1 Å². The van der Waals surface area contributed by atoms with Gasteiger partial charge in [-0.15, -0.1) is 0 Å². The molecule has 1 aliphatic heterocycles. The normalized spacial score (nSPS) is 15.5. The molecule has 0 bridgehead atoms. The maximum atomic E-state index is 13.8. The molecule has 0 spiro atoms. The molecule has 7 nitrogen and oxygen atoms in total. The predicted octanol–water partition coefficient (Wildman–Crippen LogP) is 5.13. The summed E-state index contributed by atoms with van der Waals surface area (Å²) in [4.78, 5) is 22.8. The van der Waals surface area contributed by atoms with Crippen molar-refractivity contribution in [3.63, 3.8) is 0 Å². The van der Waals surface area contributed by atoms with Crippen LogP contribution in [0.5, 0.6) is 0 Å². The summed E-state index contributed by atoms with van der Waals surface area (Å²) >= 11 is 0. The van der Waals surface area contributed by atoms with Crippen LogP contribution in [0.3, 0.4) is 0 Å². The van der Waals surface area contributed by atoms with Crippen LogP contribution in [0.25, 0.3) is 10.8 Å². The molecule has 1 amide bonds. The van der Waals surface area contributed by atoms with Crippen molar-refractivity contribution >= 4 is 39.6 Å². The van der Waals surface area contributed by atoms with Gasteiger partial charge in [-0.3, -0.25) is 14.7 Å². The molecule has 1 aliphatic rings. The molecule has 0 aromatic heterocycles. The Kier molecular flexibility index (Phi) is 6.66. The summed E-state index contributed by atoms with van der Waals surface area (Å²) in [5.41, 5.74) is 5.54. The number of nitrogens with one attached hydrogen (secondary N) is 1. The van der Waals surface area contributed by atoms with E-state index >= 15 is 0 Å². The highest BCUT2D eigenvalue weighted by atomic mass is 16.1. The zero-order valence-corrected chi connectivity index (χ0v) is 21.7. The minimum atomic E-state index is -0.769. The molecule has 0 fully saturated rings. The van der Waals surface area contributed by atoms with E-state index in [1.807, 2.05) is 122 Å². The van der Waals surface area contributed by atoms with Crippen molar-refractivity contribution in [2.24, 2.45) is 15.9 Å². The molecule has 0 radical (unpaired) electrons. The number of nitrogens with two attached hydrogens (primary N) is 1. The van der Waals surface area contributed by atoms with E-state index in [1.54, 1.807) is 0 Å². The summed E-state index contributed by atoms with van der Waals surface area (Å²) in [6.07, 6.45) is -0.769. The summed E-state index contributed by atoms with van der Waals surface area (Å²) in [5, 5.41) is 8.95. The number of carbonyl (C=O) groups excluding carboxylic acids is 1. The van der Waals surface area contributed by atoms with Crippen molar-refractivity contribution in [1.29, 1.82) is 0 Å². The Morgan fingerprint density at radius 3 is 2.32 bits per heavy atom. The highest BCUT2D eigenvalue weighted by Gasteiger charge is 2.31. The van der Waals surface area contributed by atoms with Crippen LogP contribution >= 0.6 is 0 Å². The van der Waals surface area contributed by atoms with E-state index in [4.69, 9.17) is 10.8 Å². The Morgan fingerprint density at radius 1 is 0.947 bits per heavy atom. The molecular weight excluding hydrogens is 472 g/mol.